The van der Waals surface area contributed by atoms with Gasteiger partial charge in [-0.05, 0) is 134 Å². The third-order valence-electron chi connectivity index (χ3n) is 14.4. The van der Waals surface area contributed by atoms with Crippen molar-refractivity contribution in [3.8, 4) is 62.1 Å². The van der Waals surface area contributed by atoms with Crippen LogP contribution in [0.15, 0.2) is 200 Å². The van der Waals surface area contributed by atoms with Crippen molar-refractivity contribution in [3.63, 3.8) is 0 Å². The number of benzene rings is 8. The monoisotopic (exact) mass is 933 g/mol. The van der Waals surface area contributed by atoms with E-state index in [2.05, 4.69) is 120 Å². The molecule has 0 bridgehead atoms. The lowest BCUT2D eigenvalue weighted by molar-refractivity contribution is -0.571. The summed E-state index contributed by atoms with van der Waals surface area (Å²) < 4.78 is 100. The first-order chi connectivity index (χ1) is 38.4. The summed E-state index contributed by atoms with van der Waals surface area (Å²) in [7, 11) is 0. The second kappa shape index (κ2) is 16.8. The Balaban J connectivity index is 1.00. The Labute approximate surface area is 431 Å². The van der Waals surface area contributed by atoms with Crippen LogP contribution in [0.3, 0.4) is 0 Å². The normalized spacial score (nSPS) is 16.2. The van der Waals surface area contributed by atoms with Crippen molar-refractivity contribution in [2.24, 2.45) is 0 Å². The minimum atomic E-state index is -0.566. The highest BCUT2D eigenvalue weighted by atomic mass is 16.5. The Morgan fingerprint density at radius 3 is 1.97 bits per heavy atom. The highest BCUT2D eigenvalue weighted by Crippen LogP contribution is 2.47. The smallest absolute Gasteiger partial charge is 0.269 e. The van der Waals surface area contributed by atoms with Gasteiger partial charge in [0.2, 0.25) is 0 Å². The van der Waals surface area contributed by atoms with Crippen molar-refractivity contribution in [1.82, 2.24) is 14.1 Å². The van der Waals surface area contributed by atoms with Crippen LogP contribution >= 0.6 is 0 Å². The van der Waals surface area contributed by atoms with Gasteiger partial charge in [0.1, 0.15) is 17.3 Å². The molecular weight excluding hydrogens is 865 g/mol. The number of nitrogens with zero attached hydrogens (tertiary/aromatic N) is 4. The summed E-state index contributed by atoms with van der Waals surface area (Å²) in [4.78, 5) is 4.97. The fourth-order valence-corrected chi connectivity index (χ4v) is 10.5. The van der Waals surface area contributed by atoms with E-state index in [9.17, 15) is 0 Å². The summed E-state index contributed by atoms with van der Waals surface area (Å²) >= 11 is 0. The lowest BCUT2D eigenvalue weighted by Crippen LogP contribution is -2.33. The van der Waals surface area contributed by atoms with Crippen molar-refractivity contribution in [2.75, 3.05) is 0 Å². The molecule has 0 amide bonds. The lowest BCUT2D eigenvalue weighted by Gasteiger charge is -2.42. The zero-order valence-electron chi connectivity index (χ0n) is 50.9. The van der Waals surface area contributed by atoms with Crippen LogP contribution in [0.2, 0.25) is 0 Å². The first kappa shape index (κ1) is 34.3. The standard InChI is InChI=1S/C66H58N4O/c1-64(2,3)48-34-37-67-62(40-48)70-58-33-29-46(47-28-32-56-57(39-47)66(6,7)36-35-65(56,4)5)38-55(58)54-31-30-51(42-61(54)70)71-50-23-16-22-49(41-50)68-43-69(60-27-15-14-26-59(60)68)63-52(44-18-10-8-11-19-44)24-17-25-53(63)45-20-12-9-13-21-45/h8-34,37-42H,35-36H2,1-7H3/i8D,9D,10D,11D,12D,13D,18D,19D,20D,21D. The molecule has 348 valence electrons. The fourth-order valence-electron chi connectivity index (χ4n) is 10.5. The molecule has 3 heterocycles. The predicted octanol–water partition coefficient (Wildman–Crippen LogP) is 16.6. The highest BCUT2D eigenvalue weighted by Gasteiger charge is 2.37. The molecule has 0 saturated heterocycles. The maximum Gasteiger partial charge on any atom is 0.269 e. The van der Waals surface area contributed by atoms with E-state index in [4.69, 9.17) is 23.4 Å². The molecule has 1 aliphatic rings. The van der Waals surface area contributed by atoms with Crippen molar-refractivity contribution in [2.45, 2.75) is 77.6 Å². The first-order valence-corrected chi connectivity index (χ1v) is 24.2. The van der Waals surface area contributed by atoms with Gasteiger partial charge in [0.15, 0.2) is 0 Å². The number of pyridine rings is 1. The zero-order chi connectivity index (χ0) is 57.4. The lowest BCUT2D eigenvalue weighted by atomic mass is 9.63. The molecule has 0 radical (unpaired) electrons. The second-order valence-corrected chi connectivity index (χ2v) is 21.0. The van der Waals surface area contributed by atoms with Crippen LogP contribution in [0.1, 0.15) is 91.7 Å². The number of hydrogen-bond donors (Lipinski definition) is 0. The SMILES string of the molecule is [2H]c1c([2H])c([2H])c(-c2cccc(-c3c([2H])c([2H])c([2H])c([2H])c3[2H])c2-[n+]2[c-]n(-c3cccc(Oc4ccc5c6cc(-c7ccc8c(c7)C(C)(C)CCC8(C)C)ccc6n(-c6cc(C(C)(C)C)ccn6)c5c4)c3)c3ccccc32)c([2H])c1[2H]. The van der Waals surface area contributed by atoms with Crippen LogP contribution < -0.4 is 9.30 Å². The molecule has 0 fully saturated rings. The van der Waals surface area contributed by atoms with E-state index in [0.29, 0.717) is 28.2 Å². The summed E-state index contributed by atoms with van der Waals surface area (Å²) in [6.07, 6.45) is 7.63. The number of para-hydroxylation sites is 3. The first-order valence-electron chi connectivity index (χ1n) is 29.2. The average molecular weight is 933 g/mol. The van der Waals surface area contributed by atoms with Gasteiger partial charge in [0.25, 0.3) is 6.33 Å². The topological polar surface area (TPSA) is 35.9 Å². The third kappa shape index (κ3) is 7.81. The second-order valence-electron chi connectivity index (χ2n) is 21.0. The molecule has 3 aromatic heterocycles. The van der Waals surface area contributed by atoms with E-state index in [1.54, 1.807) is 22.8 Å². The molecule has 0 aliphatic heterocycles. The van der Waals surface area contributed by atoms with Gasteiger partial charge in [-0.2, -0.15) is 0 Å². The Bertz CT molecular complexity index is 4310. The van der Waals surface area contributed by atoms with Gasteiger partial charge in [-0.25, -0.2) is 4.98 Å². The van der Waals surface area contributed by atoms with Crippen molar-refractivity contribution in [3.05, 3.63) is 223 Å². The third-order valence-corrected chi connectivity index (χ3v) is 14.4. The molecule has 0 unspecified atom stereocenters. The predicted molar refractivity (Wildman–Crippen MR) is 293 cm³/mol. The fraction of sp³-hybridized carbons (Fsp3) is 0.182. The number of aromatic nitrogens is 4. The van der Waals surface area contributed by atoms with Crippen LogP contribution in [-0.2, 0) is 16.2 Å². The van der Waals surface area contributed by atoms with E-state index in [1.165, 1.54) is 16.7 Å². The summed E-state index contributed by atoms with van der Waals surface area (Å²) in [6.45, 7) is 16.0. The van der Waals surface area contributed by atoms with Crippen LogP contribution in [0.4, 0.5) is 0 Å². The molecule has 5 heteroatoms. The summed E-state index contributed by atoms with van der Waals surface area (Å²) in [6, 6.07) is 38.7. The molecule has 71 heavy (non-hydrogen) atoms. The Hall–Kier alpha value is -8.02. The minimum Gasteiger partial charge on any atom is -0.458 e. The summed E-state index contributed by atoms with van der Waals surface area (Å²) in [5, 5.41) is 2.13. The molecule has 5 nitrogen and oxygen atoms in total. The number of ether oxygens (including phenoxy) is 1. The van der Waals surface area contributed by atoms with Gasteiger partial charge in [0.05, 0.1) is 47.1 Å². The van der Waals surface area contributed by atoms with Crippen LogP contribution in [0.25, 0.3) is 83.4 Å². The zero-order valence-corrected chi connectivity index (χ0v) is 40.9. The van der Waals surface area contributed by atoms with Crippen LogP contribution in [-0.4, -0.2) is 14.1 Å². The van der Waals surface area contributed by atoms with Gasteiger partial charge >= 0.3 is 0 Å². The molecule has 11 aromatic rings. The highest BCUT2D eigenvalue weighted by molar-refractivity contribution is 6.10. The summed E-state index contributed by atoms with van der Waals surface area (Å²) in [5.41, 5.74) is 10.4. The maximum atomic E-state index is 9.08. The minimum absolute atomic E-state index is 0.0629. The molecule has 1 aliphatic carbocycles. The molecule has 0 N–H and O–H groups in total. The Morgan fingerprint density at radius 1 is 0.577 bits per heavy atom. The summed E-state index contributed by atoms with van der Waals surface area (Å²) in [5.74, 6) is 1.89. The van der Waals surface area contributed by atoms with Gasteiger partial charge in [0, 0.05) is 23.0 Å². The molecule has 0 saturated carbocycles. The van der Waals surface area contributed by atoms with Gasteiger partial charge in [-0.1, -0.05) is 182 Å². The maximum absolute atomic E-state index is 9.08. The van der Waals surface area contributed by atoms with E-state index in [1.807, 2.05) is 65.4 Å². The van der Waals surface area contributed by atoms with Crippen molar-refractivity contribution >= 4 is 32.8 Å². The van der Waals surface area contributed by atoms with Gasteiger partial charge in [-0.15, -0.1) is 0 Å². The van der Waals surface area contributed by atoms with E-state index < -0.39 is 60.4 Å². The van der Waals surface area contributed by atoms with Crippen LogP contribution in [0.5, 0.6) is 11.5 Å². The van der Waals surface area contributed by atoms with E-state index in [0.717, 1.165) is 51.6 Å². The van der Waals surface area contributed by atoms with Crippen molar-refractivity contribution in [1.29, 1.82) is 0 Å². The molecule has 0 atom stereocenters. The Kier molecular flexibility index (Phi) is 8.14. The van der Waals surface area contributed by atoms with Crippen molar-refractivity contribution < 1.29 is 23.0 Å². The Morgan fingerprint density at radius 2 is 1.24 bits per heavy atom. The molecule has 12 rings (SSSR count). The molecular formula is C66H58N4O. The van der Waals surface area contributed by atoms with E-state index in [-0.39, 0.29) is 44.2 Å². The van der Waals surface area contributed by atoms with Gasteiger partial charge < -0.3 is 4.74 Å². The molecule has 0 spiro atoms. The number of imidazole rings is 1. The quantitative estimate of drug-likeness (QED) is 0.112. The molecule has 8 aromatic carbocycles. The largest absolute Gasteiger partial charge is 0.458 e. The number of rotatable bonds is 8. The van der Waals surface area contributed by atoms with Gasteiger partial charge in [-0.3, -0.25) is 13.7 Å². The van der Waals surface area contributed by atoms with Crippen LogP contribution in [0, 0.1) is 6.33 Å². The number of hydrogen-bond acceptors (Lipinski definition) is 2. The van der Waals surface area contributed by atoms with E-state index >= 15 is 0 Å². The average Bonchev–Trinajstić information content (AvgIpc) is 3.66. The number of fused-ring (bicyclic) bond motifs is 5.